The maximum Gasteiger partial charge on any atom is 0.306 e. The molecule has 0 aromatic heterocycles. The van der Waals surface area contributed by atoms with E-state index in [4.69, 9.17) is 4.74 Å². The van der Waals surface area contributed by atoms with Crippen LogP contribution in [0.3, 0.4) is 0 Å². The molecule has 0 N–H and O–H groups in total. The lowest BCUT2D eigenvalue weighted by molar-refractivity contribution is -0.142. The molecule has 0 radical (unpaired) electrons. The molecule has 4 heteroatoms. The molecule has 0 saturated carbocycles. The fourth-order valence-corrected chi connectivity index (χ4v) is 4.47. The Morgan fingerprint density at radius 3 is 2.25 bits per heavy atom. The van der Waals surface area contributed by atoms with E-state index in [0.717, 1.165) is 32.7 Å². The number of benzene rings is 1. The standard InChI is InChI=1S/C20H28N2O2/c1-20(2)13-19(23)24-18(20)14-21-7-9-22(10-8-21)17-11-15-5-3-4-6-16(15)12-17/h3-6,17-18H,7-14H2,1-2H3. The molecule has 1 aromatic carbocycles. The highest BCUT2D eigenvalue weighted by Crippen LogP contribution is 2.35. The van der Waals surface area contributed by atoms with Gasteiger partial charge in [0, 0.05) is 44.2 Å². The fourth-order valence-electron chi connectivity index (χ4n) is 4.47. The molecule has 130 valence electrons. The van der Waals surface area contributed by atoms with E-state index in [9.17, 15) is 4.79 Å². The van der Waals surface area contributed by atoms with Crippen molar-refractivity contribution < 1.29 is 9.53 Å². The van der Waals surface area contributed by atoms with Crippen LogP contribution in [-0.4, -0.2) is 60.6 Å². The van der Waals surface area contributed by atoms with Gasteiger partial charge in [-0.25, -0.2) is 0 Å². The molecule has 4 rings (SSSR count). The van der Waals surface area contributed by atoms with Gasteiger partial charge in [0.2, 0.25) is 0 Å². The molecule has 2 aliphatic heterocycles. The third-order valence-electron chi connectivity index (χ3n) is 6.12. The molecule has 4 nitrogen and oxygen atoms in total. The van der Waals surface area contributed by atoms with Crippen LogP contribution in [0.4, 0.5) is 0 Å². The van der Waals surface area contributed by atoms with Crippen molar-refractivity contribution >= 4 is 5.97 Å². The highest BCUT2D eigenvalue weighted by Gasteiger charge is 2.42. The first-order valence-electron chi connectivity index (χ1n) is 9.24. The van der Waals surface area contributed by atoms with Crippen molar-refractivity contribution in [2.24, 2.45) is 5.41 Å². The Labute approximate surface area is 144 Å². The summed E-state index contributed by atoms with van der Waals surface area (Å²) in [6, 6.07) is 9.54. The molecule has 0 bridgehead atoms. The Balaban J connectivity index is 1.29. The third kappa shape index (κ3) is 3.09. The van der Waals surface area contributed by atoms with Crippen molar-refractivity contribution in [2.75, 3.05) is 32.7 Å². The van der Waals surface area contributed by atoms with Crippen molar-refractivity contribution in [3.8, 4) is 0 Å². The van der Waals surface area contributed by atoms with Crippen molar-refractivity contribution in [3.63, 3.8) is 0 Å². The van der Waals surface area contributed by atoms with E-state index in [1.165, 1.54) is 24.0 Å². The first-order chi connectivity index (χ1) is 11.5. The minimum absolute atomic E-state index is 0.0265. The molecule has 2 fully saturated rings. The molecule has 0 spiro atoms. The molecule has 0 amide bonds. The van der Waals surface area contributed by atoms with Gasteiger partial charge < -0.3 is 4.74 Å². The summed E-state index contributed by atoms with van der Waals surface area (Å²) in [5.74, 6) is -0.0349. The fraction of sp³-hybridized carbons (Fsp3) is 0.650. The topological polar surface area (TPSA) is 32.8 Å². The number of nitrogens with zero attached hydrogens (tertiary/aromatic N) is 2. The second-order valence-electron chi connectivity index (χ2n) is 8.31. The average molecular weight is 328 g/mol. The van der Waals surface area contributed by atoms with Crippen LogP contribution in [-0.2, 0) is 22.4 Å². The van der Waals surface area contributed by atoms with Gasteiger partial charge in [-0.05, 0) is 24.0 Å². The van der Waals surface area contributed by atoms with Crippen molar-refractivity contribution in [3.05, 3.63) is 35.4 Å². The summed E-state index contributed by atoms with van der Waals surface area (Å²) in [6.07, 6.45) is 3.00. The molecule has 24 heavy (non-hydrogen) atoms. The van der Waals surface area contributed by atoms with Crippen LogP contribution in [0.25, 0.3) is 0 Å². The van der Waals surface area contributed by atoms with Gasteiger partial charge in [-0.15, -0.1) is 0 Å². The van der Waals surface area contributed by atoms with Gasteiger partial charge in [-0.2, -0.15) is 0 Å². The zero-order valence-corrected chi connectivity index (χ0v) is 14.8. The zero-order chi connectivity index (χ0) is 16.7. The quantitative estimate of drug-likeness (QED) is 0.796. The smallest absolute Gasteiger partial charge is 0.306 e. The van der Waals surface area contributed by atoms with E-state index in [0.29, 0.717) is 12.5 Å². The van der Waals surface area contributed by atoms with E-state index in [2.05, 4.69) is 47.9 Å². The van der Waals surface area contributed by atoms with Gasteiger partial charge in [-0.1, -0.05) is 38.1 Å². The summed E-state index contributed by atoms with van der Waals surface area (Å²) in [5, 5.41) is 0. The highest BCUT2D eigenvalue weighted by molar-refractivity contribution is 5.72. The van der Waals surface area contributed by atoms with Crippen LogP contribution < -0.4 is 0 Å². The van der Waals surface area contributed by atoms with Crippen molar-refractivity contribution in [1.29, 1.82) is 0 Å². The molecular formula is C20H28N2O2. The van der Waals surface area contributed by atoms with Crippen LogP contribution in [0.15, 0.2) is 24.3 Å². The van der Waals surface area contributed by atoms with Gasteiger partial charge in [0.05, 0.1) is 6.42 Å². The number of carbonyl (C=O) groups is 1. The Hall–Kier alpha value is -1.39. The Morgan fingerprint density at radius 2 is 1.71 bits per heavy atom. The van der Waals surface area contributed by atoms with E-state index in [-0.39, 0.29) is 17.5 Å². The molecule has 2 saturated heterocycles. The van der Waals surface area contributed by atoms with Gasteiger partial charge in [-0.3, -0.25) is 14.6 Å². The normalized spacial score (nSPS) is 28.1. The second kappa shape index (κ2) is 6.16. The van der Waals surface area contributed by atoms with Gasteiger partial charge in [0.25, 0.3) is 0 Å². The third-order valence-corrected chi connectivity index (χ3v) is 6.12. The number of rotatable bonds is 3. The summed E-state index contributed by atoms with van der Waals surface area (Å²) in [5.41, 5.74) is 3.04. The van der Waals surface area contributed by atoms with Gasteiger partial charge in [0.15, 0.2) is 0 Å². The Bertz CT molecular complexity index is 595. The largest absolute Gasteiger partial charge is 0.460 e. The number of hydrogen-bond acceptors (Lipinski definition) is 4. The predicted octanol–water partition coefficient (Wildman–Crippen LogP) is 2.11. The zero-order valence-electron chi connectivity index (χ0n) is 14.8. The van der Waals surface area contributed by atoms with Gasteiger partial charge in [0.1, 0.15) is 6.10 Å². The second-order valence-corrected chi connectivity index (χ2v) is 8.31. The summed E-state index contributed by atoms with van der Waals surface area (Å²) in [4.78, 5) is 16.7. The van der Waals surface area contributed by atoms with Crippen molar-refractivity contribution in [2.45, 2.75) is 45.3 Å². The summed E-state index contributed by atoms with van der Waals surface area (Å²) in [6.45, 7) is 9.59. The summed E-state index contributed by atoms with van der Waals surface area (Å²) >= 11 is 0. The number of esters is 1. The number of carbonyl (C=O) groups excluding carboxylic acids is 1. The van der Waals surface area contributed by atoms with Crippen molar-refractivity contribution in [1.82, 2.24) is 9.80 Å². The maximum atomic E-state index is 11.6. The summed E-state index contributed by atoms with van der Waals surface area (Å²) < 4.78 is 5.55. The van der Waals surface area contributed by atoms with Gasteiger partial charge >= 0.3 is 5.97 Å². The lowest BCUT2D eigenvalue weighted by Gasteiger charge is -2.39. The lowest BCUT2D eigenvalue weighted by Crippen LogP contribution is -2.53. The number of cyclic esters (lactones) is 1. The molecule has 2 heterocycles. The minimum atomic E-state index is -0.0349. The molecule has 1 atom stereocenters. The lowest BCUT2D eigenvalue weighted by atomic mass is 9.85. The Morgan fingerprint density at radius 1 is 1.08 bits per heavy atom. The molecular weight excluding hydrogens is 300 g/mol. The predicted molar refractivity (Wildman–Crippen MR) is 93.9 cm³/mol. The number of fused-ring (bicyclic) bond motifs is 1. The monoisotopic (exact) mass is 328 g/mol. The van der Waals surface area contributed by atoms with Crippen LogP contribution in [0.1, 0.15) is 31.4 Å². The first kappa shape index (κ1) is 16.1. The minimum Gasteiger partial charge on any atom is -0.460 e. The SMILES string of the molecule is CC1(C)CC(=O)OC1CN1CCN(C2Cc3ccccc3C2)CC1. The van der Waals surface area contributed by atoms with Crippen LogP contribution >= 0.6 is 0 Å². The Kier molecular flexibility index (Phi) is 4.13. The maximum absolute atomic E-state index is 11.6. The first-order valence-corrected chi connectivity index (χ1v) is 9.24. The number of hydrogen-bond donors (Lipinski definition) is 0. The van der Waals surface area contributed by atoms with E-state index in [1.54, 1.807) is 0 Å². The van der Waals surface area contributed by atoms with Crippen LogP contribution in [0, 0.1) is 5.41 Å². The van der Waals surface area contributed by atoms with E-state index >= 15 is 0 Å². The average Bonchev–Trinajstić information content (AvgIpc) is 3.08. The number of piperazine rings is 1. The molecule has 3 aliphatic rings. The summed E-state index contributed by atoms with van der Waals surface area (Å²) in [7, 11) is 0. The highest BCUT2D eigenvalue weighted by atomic mass is 16.6. The molecule has 1 aromatic rings. The van der Waals surface area contributed by atoms with E-state index < -0.39 is 0 Å². The van der Waals surface area contributed by atoms with Crippen LogP contribution in [0.2, 0.25) is 0 Å². The van der Waals surface area contributed by atoms with E-state index in [1.807, 2.05) is 0 Å². The molecule has 1 unspecified atom stereocenters. The molecule has 1 aliphatic carbocycles. The number of ether oxygens (including phenoxy) is 1. The van der Waals surface area contributed by atoms with Crippen LogP contribution in [0.5, 0.6) is 0 Å².